The highest BCUT2D eigenvalue weighted by molar-refractivity contribution is 5.97. The van der Waals surface area contributed by atoms with Crippen molar-refractivity contribution in [1.82, 2.24) is 9.97 Å². The van der Waals surface area contributed by atoms with E-state index in [1.807, 2.05) is 37.3 Å². The van der Waals surface area contributed by atoms with Crippen molar-refractivity contribution in [3.63, 3.8) is 0 Å². The fourth-order valence-corrected chi connectivity index (χ4v) is 2.90. The van der Waals surface area contributed by atoms with Crippen molar-refractivity contribution in [1.29, 1.82) is 0 Å². The molecule has 1 aromatic heterocycles. The number of rotatable bonds is 5. The third kappa shape index (κ3) is 5.33. The second-order valence-electron chi connectivity index (χ2n) is 6.46. The van der Waals surface area contributed by atoms with Crippen LogP contribution < -0.4 is 5.32 Å². The molecule has 3 aromatic rings. The molecule has 1 heterocycles. The van der Waals surface area contributed by atoms with Crippen LogP contribution in [0.4, 0.5) is 11.5 Å². The number of nitrogens with zero attached hydrogens (tertiary/aromatic N) is 2. The minimum atomic E-state index is -0.557. The van der Waals surface area contributed by atoms with E-state index in [-0.39, 0.29) is 23.5 Å². The van der Waals surface area contributed by atoms with Gasteiger partial charge in [0.05, 0.1) is 31.0 Å². The van der Waals surface area contributed by atoms with Crippen molar-refractivity contribution in [2.75, 3.05) is 19.5 Å². The molecule has 0 saturated heterocycles. The summed E-state index contributed by atoms with van der Waals surface area (Å²) in [4.78, 5) is 32.9. The second-order valence-corrected chi connectivity index (χ2v) is 6.46. The molecule has 0 spiro atoms. The zero-order valence-electron chi connectivity index (χ0n) is 17.1. The molecule has 0 bridgehead atoms. The van der Waals surface area contributed by atoms with Gasteiger partial charge in [-0.3, -0.25) is 0 Å². The molecule has 8 heteroatoms. The number of esters is 2. The Bertz CT molecular complexity index is 1050. The Morgan fingerprint density at radius 1 is 0.867 bits per heavy atom. The molecule has 0 unspecified atom stereocenters. The number of anilines is 2. The van der Waals surface area contributed by atoms with Crippen LogP contribution in [-0.2, 0) is 9.47 Å². The number of carbonyl (C=O) groups is 2. The number of hydrogen-bond acceptors (Lipinski definition) is 7. The number of benzene rings is 2. The highest BCUT2D eigenvalue weighted by Crippen LogP contribution is 2.24. The zero-order chi connectivity index (χ0) is 21.0. The maximum absolute atomic E-state index is 12.0. The van der Waals surface area contributed by atoms with E-state index in [0.717, 1.165) is 16.8 Å². The first-order valence-electron chi connectivity index (χ1n) is 8.91. The maximum Gasteiger partial charge on any atom is 0.337 e. The van der Waals surface area contributed by atoms with Crippen LogP contribution in [0.5, 0.6) is 0 Å². The Morgan fingerprint density at radius 3 is 2.07 bits per heavy atom. The quantitative estimate of drug-likeness (QED) is 0.599. The lowest BCUT2D eigenvalue weighted by atomic mass is 10.1. The van der Waals surface area contributed by atoms with Crippen molar-refractivity contribution in [2.45, 2.75) is 13.8 Å². The number of methoxy groups -OCH3 is 2. The number of aromatic nitrogens is 2. The van der Waals surface area contributed by atoms with Crippen molar-refractivity contribution in [3.8, 4) is 11.3 Å². The lowest BCUT2D eigenvalue weighted by Crippen LogP contribution is -2.08. The summed E-state index contributed by atoms with van der Waals surface area (Å²) in [5.74, 6) is 0.00639. The van der Waals surface area contributed by atoms with E-state index in [4.69, 9.17) is 9.47 Å². The van der Waals surface area contributed by atoms with Crippen molar-refractivity contribution >= 4 is 35.9 Å². The molecule has 0 saturated carbocycles. The summed E-state index contributed by atoms with van der Waals surface area (Å²) in [6.45, 7) is 3.82. The van der Waals surface area contributed by atoms with Crippen LogP contribution in [0.3, 0.4) is 0 Å². The van der Waals surface area contributed by atoms with Crippen molar-refractivity contribution in [2.24, 2.45) is 0 Å². The van der Waals surface area contributed by atoms with E-state index in [1.54, 1.807) is 19.1 Å². The van der Waals surface area contributed by atoms with E-state index < -0.39 is 11.9 Å². The molecule has 0 radical (unpaired) electrons. The summed E-state index contributed by atoms with van der Waals surface area (Å²) in [6.07, 6.45) is 0. The highest BCUT2D eigenvalue weighted by atomic mass is 35.5. The van der Waals surface area contributed by atoms with Crippen LogP contribution in [0.1, 0.15) is 32.1 Å². The molecule has 0 amide bonds. The Labute approximate surface area is 180 Å². The van der Waals surface area contributed by atoms with Crippen LogP contribution in [0, 0.1) is 13.8 Å². The second kappa shape index (κ2) is 9.84. The molecule has 1 N–H and O–H groups in total. The Hall–Kier alpha value is -3.45. The summed E-state index contributed by atoms with van der Waals surface area (Å²) in [6, 6.07) is 14.4. The third-order valence-corrected chi connectivity index (χ3v) is 4.20. The Kier molecular flexibility index (Phi) is 7.49. The van der Waals surface area contributed by atoms with Gasteiger partial charge >= 0.3 is 11.9 Å². The first-order valence-corrected chi connectivity index (χ1v) is 8.91. The molecule has 0 atom stereocenters. The van der Waals surface area contributed by atoms with Gasteiger partial charge in [-0.15, -0.1) is 12.4 Å². The van der Waals surface area contributed by atoms with Gasteiger partial charge in [-0.1, -0.05) is 23.8 Å². The van der Waals surface area contributed by atoms with Crippen molar-refractivity contribution in [3.05, 3.63) is 71.0 Å². The number of carbonyl (C=O) groups excluding carboxylic acids is 2. The Morgan fingerprint density at radius 2 is 1.50 bits per heavy atom. The number of aryl methyl sites for hydroxylation is 2. The lowest BCUT2D eigenvalue weighted by molar-refractivity contribution is 0.0599. The molecule has 7 nitrogen and oxygen atoms in total. The van der Waals surface area contributed by atoms with E-state index in [0.29, 0.717) is 17.3 Å². The van der Waals surface area contributed by atoms with E-state index in [2.05, 4.69) is 15.3 Å². The van der Waals surface area contributed by atoms with E-state index in [9.17, 15) is 9.59 Å². The molecule has 3 rings (SSSR count). The van der Waals surface area contributed by atoms with Crippen molar-refractivity contribution < 1.29 is 19.1 Å². The fraction of sp³-hybridized carbons (Fsp3) is 0.182. The van der Waals surface area contributed by atoms with Gasteiger partial charge in [-0.2, -0.15) is 0 Å². The predicted octanol–water partition coefficient (Wildman–Crippen LogP) is 4.50. The van der Waals surface area contributed by atoms with Crippen LogP contribution in [0.2, 0.25) is 0 Å². The third-order valence-electron chi connectivity index (χ3n) is 4.20. The first-order chi connectivity index (χ1) is 13.9. The normalized spacial score (nSPS) is 10.0. The molecule has 0 fully saturated rings. The SMILES string of the molecule is COC(=O)c1cc(Nc2cc(-c3cccc(C)c3)nc(C)n2)cc(C(=O)OC)c1.Cl. The van der Waals surface area contributed by atoms with Crippen LogP contribution in [0.25, 0.3) is 11.3 Å². The first kappa shape index (κ1) is 22.8. The van der Waals surface area contributed by atoms with Gasteiger partial charge in [0.2, 0.25) is 0 Å². The molecule has 156 valence electrons. The molecule has 0 aliphatic heterocycles. The maximum atomic E-state index is 12.0. The predicted molar refractivity (Wildman–Crippen MR) is 117 cm³/mol. The van der Waals surface area contributed by atoms with Gasteiger partial charge in [0.1, 0.15) is 11.6 Å². The fourth-order valence-electron chi connectivity index (χ4n) is 2.90. The number of halogens is 1. The van der Waals surface area contributed by atoms with E-state index >= 15 is 0 Å². The standard InChI is InChI=1S/C22H21N3O4.ClH/c1-13-6-5-7-15(8-13)19-12-20(24-14(2)23-19)25-18-10-16(21(26)28-3)9-17(11-18)22(27)29-4;/h5-12H,1-4H3,(H,23,24,25);1H. The van der Waals surface area contributed by atoms with Gasteiger partial charge in [0, 0.05) is 17.3 Å². The van der Waals surface area contributed by atoms with Crippen LogP contribution in [-0.4, -0.2) is 36.1 Å². The van der Waals surface area contributed by atoms with Gasteiger partial charge in [0.15, 0.2) is 0 Å². The summed E-state index contributed by atoms with van der Waals surface area (Å²) in [7, 11) is 2.56. The van der Waals surface area contributed by atoms with Gasteiger partial charge in [0.25, 0.3) is 0 Å². The Balaban J connectivity index is 0.00000320. The monoisotopic (exact) mass is 427 g/mol. The molecule has 0 aliphatic carbocycles. The number of nitrogens with one attached hydrogen (secondary N) is 1. The zero-order valence-corrected chi connectivity index (χ0v) is 17.9. The van der Waals surface area contributed by atoms with Gasteiger partial charge in [-0.25, -0.2) is 19.6 Å². The summed E-state index contributed by atoms with van der Waals surface area (Å²) in [5.41, 5.74) is 3.81. The van der Waals surface area contributed by atoms with Gasteiger partial charge in [-0.05, 0) is 38.1 Å². The molecular weight excluding hydrogens is 406 g/mol. The summed E-state index contributed by atoms with van der Waals surface area (Å²) < 4.78 is 9.55. The number of hydrogen-bond donors (Lipinski definition) is 1. The molecule has 2 aromatic carbocycles. The largest absolute Gasteiger partial charge is 0.465 e. The highest BCUT2D eigenvalue weighted by Gasteiger charge is 2.14. The average molecular weight is 428 g/mol. The van der Waals surface area contributed by atoms with E-state index in [1.165, 1.54) is 20.3 Å². The molecule has 0 aliphatic rings. The molecule has 30 heavy (non-hydrogen) atoms. The summed E-state index contributed by atoms with van der Waals surface area (Å²) in [5, 5.41) is 3.14. The summed E-state index contributed by atoms with van der Waals surface area (Å²) >= 11 is 0. The van der Waals surface area contributed by atoms with Crippen LogP contribution >= 0.6 is 12.4 Å². The smallest absolute Gasteiger partial charge is 0.337 e. The lowest BCUT2D eigenvalue weighted by Gasteiger charge is -2.12. The topological polar surface area (TPSA) is 90.4 Å². The number of ether oxygens (including phenoxy) is 2. The minimum Gasteiger partial charge on any atom is -0.465 e. The molecular formula is C22H22ClN3O4. The minimum absolute atomic E-state index is 0. The van der Waals surface area contributed by atoms with Crippen LogP contribution in [0.15, 0.2) is 48.5 Å². The van der Waals surface area contributed by atoms with Gasteiger partial charge < -0.3 is 14.8 Å². The average Bonchev–Trinajstić information content (AvgIpc) is 2.71.